The number of phenolic OH excluding ortho intramolecular Hbond substituents is 1. The molecule has 0 spiro atoms. The zero-order valence-corrected chi connectivity index (χ0v) is 20.6. The van der Waals surface area contributed by atoms with Gasteiger partial charge in [-0.15, -0.1) is 0 Å². The molecule has 7 heteroatoms. The van der Waals surface area contributed by atoms with E-state index < -0.39 is 10.0 Å². The maximum Gasteiger partial charge on any atom is 0.242 e. The molecule has 5 atom stereocenters. The fraction of sp³-hybridized carbons (Fsp3) is 0.500. The third-order valence-corrected chi connectivity index (χ3v) is 10.6. The number of benzene rings is 2. The van der Waals surface area contributed by atoms with E-state index in [1.54, 1.807) is 31.3 Å². The zero-order chi connectivity index (χ0) is 23.5. The normalized spacial score (nSPS) is 31.2. The molecule has 0 amide bonds. The van der Waals surface area contributed by atoms with E-state index in [9.17, 15) is 18.3 Å². The number of ketones is 1. The number of hydrogen-bond acceptors (Lipinski definition) is 4. The Morgan fingerprint density at radius 1 is 1.18 bits per heavy atom. The van der Waals surface area contributed by atoms with E-state index in [2.05, 4.69) is 6.92 Å². The highest BCUT2D eigenvalue weighted by Crippen LogP contribution is 2.61. The molecule has 0 radical (unpaired) electrons. The largest absolute Gasteiger partial charge is 0.508 e. The number of Topliss-reactive ketones (excluding diaryl/α,β-unsaturated/α-hetero) is 1. The van der Waals surface area contributed by atoms with Crippen molar-refractivity contribution in [1.82, 2.24) is 4.31 Å². The van der Waals surface area contributed by atoms with Crippen LogP contribution in [0.25, 0.3) is 0 Å². The van der Waals surface area contributed by atoms with Gasteiger partial charge in [-0.2, -0.15) is 0 Å². The number of rotatable bonds is 4. The van der Waals surface area contributed by atoms with Crippen molar-refractivity contribution in [2.45, 2.75) is 49.8 Å². The molecule has 5 rings (SSSR count). The van der Waals surface area contributed by atoms with Crippen molar-refractivity contribution in [1.29, 1.82) is 0 Å². The lowest BCUT2D eigenvalue weighted by Gasteiger charge is -2.50. The molecule has 0 aromatic heterocycles. The molecular weight excluding hydrogens is 458 g/mol. The summed E-state index contributed by atoms with van der Waals surface area (Å²) in [7, 11) is -2.09. The summed E-state index contributed by atoms with van der Waals surface area (Å²) in [4.78, 5) is 13.4. The molecule has 0 heterocycles. The van der Waals surface area contributed by atoms with Crippen molar-refractivity contribution >= 4 is 27.4 Å². The summed E-state index contributed by atoms with van der Waals surface area (Å²) >= 11 is 6.04. The van der Waals surface area contributed by atoms with Crippen LogP contribution >= 0.6 is 11.6 Å². The van der Waals surface area contributed by atoms with Crippen LogP contribution in [0.1, 0.15) is 49.7 Å². The van der Waals surface area contributed by atoms with Gasteiger partial charge in [0.1, 0.15) is 11.5 Å². The van der Waals surface area contributed by atoms with Gasteiger partial charge < -0.3 is 5.11 Å². The zero-order valence-electron chi connectivity index (χ0n) is 19.0. The molecule has 33 heavy (non-hydrogen) atoms. The summed E-state index contributed by atoms with van der Waals surface area (Å²) in [5.74, 6) is 1.43. The topological polar surface area (TPSA) is 74.7 Å². The van der Waals surface area contributed by atoms with Gasteiger partial charge in [-0.3, -0.25) is 4.79 Å². The number of sulfonamides is 1. The molecule has 0 bridgehead atoms. The van der Waals surface area contributed by atoms with Crippen molar-refractivity contribution in [2.75, 3.05) is 13.6 Å². The molecule has 3 aliphatic rings. The Morgan fingerprint density at radius 2 is 1.97 bits per heavy atom. The van der Waals surface area contributed by atoms with Gasteiger partial charge in [-0.1, -0.05) is 30.7 Å². The molecule has 5 nitrogen and oxygen atoms in total. The maximum atomic E-state index is 13.2. The van der Waals surface area contributed by atoms with E-state index in [1.807, 2.05) is 12.1 Å². The highest BCUT2D eigenvalue weighted by molar-refractivity contribution is 7.89. The standard InChI is InChI=1S/C26H30ClNO4S/c1-26-11-10-22-21-9-7-19(29)12-16(21)6-8-23(22)25(26)17(13-24(26)30)15-28(2)33(31,32)20-5-3-4-18(27)14-20/h3-5,7,9,12,14,17,22-23,25,29H,6,8,10-11,13,15H2,1-2H3/t17-,22?,23?,25?,26-/m1/s1. The fourth-order valence-corrected chi connectivity index (χ4v) is 8.55. The van der Waals surface area contributed by atoms with Crippen LogP contribution in [0.2, 0.25) is 5.02 Å². The average molecular weight is 488 g/mol. The molecule has 3 aliphatic carbocycles. The number of fused-ring (bicyclic) bond motifs is 5. The Morgan fingerprint density at radius 3 is 2.73 bits per heavy atom. The lowest BCUT2D eigenvalue weighted by molar-refractivity contribution is -0.129. The summed E-state index contributed by atoms with van der Waals surface area (Å²) in [6, 6.07) is 12.0. The SMILES string of the molecule is CN(C[C@H]1CC(=O)[C@@]2(C)CCC3c4ccc(O)cc4CCC3C12)S(=O)(=O)c1cccc(Cl)c1. The van der Waals surface area contributed by atoms with Gasteiger partial charge in [-0.05, 0) is 90.8 Å². The molecular formula is C26H30ClNO4S. The van der Waals surface area contributed by atoms with Crippen molar-refractivity contribution in [3.63, 3.8) is 0 Å². The van der Waals surface area contributed by atoms with Crippen molar-refractivity contribution < 1.29 is 18.3 Å². The van der Waals surface area contributed by atoms with E-state index in [4.69, 9.17) is 11.6 Å². The van der Waals surface area contributed by atoms with Gasteiger partial charge in [-0.25, -0.2) is 12.7 Å². The molecule has 2 aromatic rings. The number of nitrogens with zero attached hydrogens (tertiary/aromatic N) is 1. The lowest BCUT2D eigenvalue weighted by atomic mass is 9.54. The van der Waals surface area contributed by atoms with Crippen molar-refractivity contribution in [3.05, 3.63) is 58.6 Å². The minimum absolute atomic E-state index is 0.00655. The fourth-order valence-electron chi connectivity index (χ4n) is 7.03. The van der Waals surface area contributed by atoms with E-state index in [1.165, 1.54) is 21.5 Å². The number of carbonyl (C=O) groups is 1. The number of phenols is 1. The van der Waals surface area contributed by atoms with Crippen LogP contribution in [-0.4, -0.2) is 37.2 Å². The number of carbonyl (C=O) groups excluding carboxylic acids is 1. The molecule has 2 saturated carbocycles. The van der Waals surface area contributed by atoms with Crippen LogP contribution in [0.3, 0.4) is 0 Å². The number of halogens is 1. The highest BCUT2D eigenvalue weighted by atomic mass is 35.5. The van der Waals surface area contributed by atoms with Crippen LogP contribution < -0.4 is 0 Å². The first kappa shape index (κ1) is 22.9. The quantitative estimate of drug-likeness (QED) is 0.657. The smallest absolute Gasteiger partial charge is 0.242 e. The molecule has 2 aromatic carbocycles. The number of aromatic hydroxyl groups is 1. The van der Waals surface area contributed by atoms with Gasteiger partial charge in [0.2, 0.25) is 10.0 Å². The summed E-state index contributed by atoms with van der Waals surface area (Å²) < 4.78 is 27.9. The summed E-state index contributed by atoms with van der Waals surface area (Å²) in [5, 5.41) is 10.3. The van der Waals surface area contributed by atoms with E-state index in [0.717, 1.165) is 25.7 Å². The summed E-state index contributed by atoms with van der Waals surface area (Å²) in [5.41, 5.74) is 2.12. The van der Waals surface area contributed by atoms with Crippen molar-refractivity contribution in [2.24, 2.45) is 23.2 Å². The van der Waals surface area contributed by atoms with Crippen LogP contribution in [0, 0.1) is 23.2 Å². The number of hydrogen-bond donors (Lipinski definition) is 1. The molecule has 3 unspecified atom stereocenters. The lowest BCUT2D eigenvalue weighted by Crippen LogP contribution is -2.46. The Hall–Kier alpha value is -1.89. The van der Waals surface area contributed by atoms with Crippen molar-refractivity contribution in [3.8, 4) is 5.75 Å². The van der Waals surface area contributed by atoms with E-state index in [0.29, 0.717) is 35.6 Å². The number of aryl methyl sites for hydroxylation is 1. The molecule has 176 valence electrons. The minimum atomic E-state index is -3.70. The minimum Gasteiger partial charge on any atom is -0.508 e. The highest BCUT2D eigenvalue weighted by Gasteiger charge is 2.58. The van der Waals surface area contributed by atoms with Gasteiger partial charge in [0.15, 0.2) is 0 Å². The van der Waals surface area contributed by atoms with Crippen LogP contribution in [-0.2, 0) is 21.2 Å². The van der Waals surface area contributed by atoms with Gasteiger partial charge in [0.05, 0.1) is 4.90 Å². The Bertz CT molecular complexity index is 1210. The first-order valence-corrected chi connectivity index (χ1v) is 13.5. The maximum absolute atomic E-state index is 13.2. The predicted octanol–water partition coefficient (Wildman–Crippen LogP) is 5.02. The Labute approximate surface area is 200 Å². The summed E-state index contributed by atoms with van der Waals surface area (Å²) in [6.45, 7) is 2.43. The average Bonchev–Trinajstić information content (AvgIpc) is 3.03. The monoisotopic (exact) mass is 487 g/mol. The van der Waals surface area contributed by atoms with E-state index >= 15 is 0 Å². The molecule has 0 saturated heterocycles. The van der Waals surface area contributed by atoms with E-state index in [-0.39, 0.29) is 27.9 Å². The molecule has 0 aliphatic heterocycles. The van der Waals surface area contributed by atoms with Crippen LogP contribution in [0.4, 0.5) is 0 Å². The predicted molar refractivity (Wildman–Crippen MR) is 128 cm³/mol. The second-order valence-corrected chi connectivity index (χ2v) is 12.8. The van der Waals surface area contributed by atoms with Gasteiger partial charge >= 0.3 is 0 Å². The molecule has 1 N–H and O–H groups in total. The van der Waals surface area contributed by atoms with Crippen LogP contribution in [0.15, 0.2) is 47.4 Å². The first-order valence-electron chi connectivity index (χ1n) is 11.7. The second kappa shape index (κ2) is 8.10. The second-order valence-electron chi connectivity index (χ2n) is 10.3. The van der Waals surface area contributed by atoms with Gasteiger partial charge in [0.25, 0.3) is 0 Å². The third kappa shape index (κ3) is 3.71. The van der Waals surface area contributed by atoms with Gasteiger partial charge in [0, 0.05) is 30.5 Å². The Kier molecular flexibility index (Phi) is 5.62. The summed E-state index contributed by atoms with van der Waals surface area (Å²) in [6.07, 6.45) is 4.08. The first-order chi connectivity index (χ1) is 15.6. The molecule has 2 fully saturated rings. The third-order valence-electron chi connectivity index (χ3n) is 8.55. The van der Waals surface area contributed by atoms with Crippen LogP contribution in [0.5, 0.6) is 5.75 Å². The Balaban J connectivity index is 1.45.